The summed E-state index contributed by atoms with van der Waals surface area (Å²) < 4.78 is 0. The number of benzene rings is 1. The van der Waals surface area contributed by atoms with Crippen molar-refractivity contribution in [1.82, 2.24) is 5.32 Å². The zero-order chi connectivity index (χ0) is 13.5. The maximum atomic E-state index is 11.5. The first-order valence-electron chi connectivity index (χ1n) is 6.42. The second-order valence-corrected chi connectivity index (χ2v) is 4.48. The summed E-state index contributed by atoms with van der Waals surface area (Å²) in [5.74, 6) is -0.109. The summed E-state index contributed by atoms with van der Waals surface area (Å²) in [6.45, 7) is 3.17. The lowest BCUT2D eigenvalue weighted by Crippen LogP contribution is -2.21. The number of carbonyl (C=O) groups is 1. The van der Waals surface area contributed by atoms with E-state index in [0.717, 1.165) is 18.7 Å². The molecule has 4 heteroatoms. The van der Waals surface area contributed by atoms with Crippen molar-refractivity contribution in [2.24, 2.45) is 0 Å². The highest BCUT2D eigenvalue weighted by Crippen LogP contribution is 2.23. The Morgan fingerprint density at radius 2 is 2.11 bits per heavy atom. The van der Waals surface area contributed by atoms with Gasteiger partial charge in [0.2, 0.25) is 0 Å². The molecule has 1 amide bonds. The van der Waals surface area contributed by atoms with Gasteiger partial charge in [-0.25, -0.2) is 0 Å². The predicted molar refractivity (Wildman–Crippen MR) is 77.0 cm³/mol. The molecule has 0 aliphatic rings. The zero-order valence-corrected chi connectivity index (χ0v) is 11.5. The highest BCUT2D eigenvalue weighted by molar-refractivity contribution is 5.95. The van der Waals surface area contributed by atoms with Crippen LogP contribution in [0.2, 0.25) is 0 Å². The van der Waals surface area contributed by atoms with Gasteiger partial charge in [0.05, 0.1) is 11.4 Å². The second kappa shape index (κ2) is 6.89. The van der Waals surface area contributed by atoms with Crippen molar-refractivity contribution in [2.45, 2.75) is 26.2 Å². The number of hydrogen-bond acceptors (Lipinski definition) is 3. The van der Waals surface area contributed by atoms with E-state index in [0.29, 0.717) is 11.3 Å². The molecule has 1 aromatic rings. The lowest BCUT2D eigenvalue weighted by Gasteiger charge is -2.21. The minimum absolute atomic E-state index is 0.109. The SMILES string of the molecule is CCCCCN(C)c1ccc(C(=O)NC)cc1N. The van der Waals surface area contributed by atoms with Gasteiger partial charge in [0.1, 0.15) is 0 Å². The van der Waals surface area contributed by atoms with Crippen LogP contribution in [0.4, 0.5) is 11.4 Å². The van der Waals surface area contributed by atoms with E-state index in [4.69, 9.17) is 5.73 Å². The van der Waals surface area contributed by atoms with Gasteiger partial charge in [0, 0.05) is 26.2 Å². The highest BCUT2D eigenvalue weighted by Gasteiger charge is 2.09. The monoisotopic (exact) mass is 249 g/mol. The van der Waals surface area contributed by atoms with E-state index >= 15 is 0 Å². The molecule has 0 aliphatic carbocycles. The first kappa shape index (κ1) is 14.4. The summed E-state index contributed by atoms with van der Waals surface area (Å²) >= 11 is 0. The van der Waals surface area contributed by atoms with Gasteiger partial charge >= 0.3 is 0 Å². The Bertz CT molecular complexity index is 404. The number of anilines is 2. The number of rotatable bonds is 6. The number of nitrogens with two attached hydrogens (primary N) is 1. The molecule has 18 heavy (non-hydrogen) atoms. The van der Waals surface area contributed by atoms with Crippen molar-refractivity contribution in [1.29, 1.82) is 0 Å². The molecule has 1 aromatic carbocycles. The molecule has 100 valence electrons. The number of unbranched alkanes of at least 4 members (excludes halogenated alkanes) is 2. The maximum absolute atomic E-state index is 11.5. The topological polar surface area (TPSA) is 58.4 Å². The van der Waals surface area contributed by atoms with Crippen molar-refractivity contribution in [3.63, 3.8) is 0 Å². The van der Waals surface area contributed by atoms with Crippen LogP contribution in [0.15, 0.2) is 18.2 Å². The van der Waals surface area contributed by atoms with Crippen molar-refractivity contribution >= 4 is 17.3 Å². The fraction of sp³-hybridized carbons (Fsp3) is 0.500. The van der Waals surface area contributed by atoms with E-state index in [1.165, 1.54) is 12.8 Å². The van der Waals surface area contributed by atoms with Gasteiger partial charge < -0.3 is 16.0 Å². The van der Waals surface area contributed by atoms with Gasteiger partial charge in [-0.15, -0.1) is 0 Å². The molecule has 0 radical (unpaired) electrons. The molecule has 0 unspecified atom stereocenters. The molecule has 0 saturated carbocycles. The quantitative estimate of drug-likeness (QED) is 0.600. The number of carbonyl (C=O) groups excluding carboxylic acids is 1. The van der Waals surface area contributed by atoms with Gasteiger partial charge in [-0.2, -0.15) is 0 Å². The van der Waals surface area contributed by atoms with Gasteiger partial charge in [0.25, 0.3) is 5.91 Å². The standard InChI is InChI=1S/C14H23N3O/c1-4-5-6-9-17(3)13-8-7-11(10-12(13)15)14(18)16-2/h7-8,10H,4-6,9,15H2,1-3H3,(H,16,18). The molecule has 0 aromatic heterocycles. The fourth-order valence-corrected chi connectivity index (χ4v) is 1.91. The molecule has 0 spiro atoms. The van der Waals surface area contributed by atoms with Gasteiger partial charge in [-0.05, 0) is 24.6 Å². The van der Waals surface area contributed by atoms with E-state index in [-0.39, 0.29) is 5.91 Å². The molecular formula is C14H23N3O. The van der Waals surface area contributed by atoms with Crippen LogP contribution in [0, 0.1) is 0 Å². The van der Waals surface area contributed by atoms with E-state index in [1.54, 1.807) is 19.2 Å². The summed E-state index contributed by atoms with van der Waals surface area (Å²) in [6.07, 6.45) is 3.59. The third kappa shape index (κ3) is 3.65. The minimum atomic E-state index is -0.109. The number of nitrogens with zero attached hydrogens (tertiary/aromatic N) is 1. The molecular weight excluding hydrogens is 226 g/mol. The Balaban J connectivity index is 2.75. The molecule has 1 rings (SSSR count). The average molecular weight is 249 g/mol. The number of nitrogens with one attached hydrogen (secondary N) is 1. The van der Waals surface area contributed by atoms with Gasteiger partial charge in [-0.3, -0.25) is 4.79 Å². The number of amides is 1. The van der Waals surface area contributed by atoms with Crippen molar-refractivity contribution in [3.8, 4) is 0 Å². The van der Waals surface area contributed by atoms with E-state index in [9.17, 15) is 4.79 Å². The van der Waals surface area contributed by atoms with E-state index in [1.807, 2.05) is 13.1 Å². The number of hydrogen-bond donors (Lipinski definition) is 2. The molecule has 0 bridgehead atoms. The van der Waals surface area contributed by atoms with Gasteiger partial charge in [0.15, 0.2) is 0 Å². The molecule has 4 nitrogen and oxygen atoms in total. The van der Waals surface area contributed by atoms with Crippen molar-refractivity contribution in [2.75, 3.05) is 31.3 Å². The Morgan fingerprint density at radius 3 is 2.67 bits per heavy atom. The molecule has 0 heterocycles. The van der Waals surface area contributed by atoms with Crippen LogP contribution in [0.3, 0.4) is 0 Å². The molecule has 0 fully saturated rings. The fourth-order valence-electron chi connectivity index (χ4n) is 1.91. The smallest absolute Gasteiger partial charge is 0.251 e. The Morgan fingerprint density at radius 1 is 1.39 bits per heavy atom. The highest BCUT2D eigenvalue weighted by atomic mass is 16.1. The summed E-state index contributed by atoms with van der Waals surface area (Å²) in [5.41, 5.74) is 8.23. The minimum Gasteiger partial charge on any atom is -0.397 e. The maximum Gasteiger partial charge on any atom is 0.251 e. The number of nitrogen functional groups attached to an aromatic ring is 1. The van der Waals surface area contributed by atoms with Crippen LogP contribution in [-0.2, 0) is 0 Å². The Labute approximate surface area is 109 Å². The Kier molecular flexibility index (Phi) is 5.49. The van der Waals surface area contributed by atoms with Gasteiger partial charge in [-0.1, -0.05) is 19.8 Å². The lowest BCUT2D eigenvalue weighted by atomic mass is 10.1. The van der Waals surface area contributed by atoms with Crippen molar-refractivity contribution in [3.05, 3.63) is 23.8 Å². The summed E-state index contributed by atoms with van der Waals surface area (Å²) in [7, 11) is 3.64. The second-order valence-electron chi connectivity index (χ2n) is 4.48. The first-order valence-corrected chi connectivity index (χ1v) is 6.42. The van der Waals surface area contributed by atoms with E-state index < -0.39 is 0 Å². The third-order valence-electron chi connectivity index (χ3n) is 3.03. The Hall–Kier alpha value is -1.71. The lowest BCUT2D eigenvalue weighted by molar-refractivity contribution is 0.0963. The van der Waals surface area contributed by atoms with Crippen LogP contribution >= 0.6 is 0 Å². The summed E-state index contributed by atoms with van der Waals surface area (Å²) in [6, 6.07) is 5.44. The molecule has 0 saturated heterocycles. The van der Waals surface area contributed by atoms with Crippen LogP contribution in [0.1, 0.15) is 36.5 Å². The molecule has 0 aliphatic heterocycles. The van der Waals surface area contributed by atoms with Crippen LogP contribution in [-0.4, -0.2) is 26.5 Å². The summed E-state index contributed by atoms with van der Waals surface area (Å²) in [5, 5.41) is 2.59. The third-order valence-corrected chi connectivity index (χ3v) is 3.03. The molecule has 3 N–H and O–H groups in total. The summed E-state index contributed by atoms with van der Waals surface area (Å²) in [4.78, 5) is 13.6. The van der Waals surface area contributed by atoms with E-state index in [2.05, 4.69) is 17.1 Å². The zero-order valence-electron chi connectivity index (χ0n) is 11.5. The van der Waals surface area contributed by atoms with Crippen LogP contribution in [0.5, 0.6) is 0 Å². The van der Waals surface area contributed by atoms with Crippen LogP contribution < -0.4 is 16.0 Å². The average Bonchev–Trinajstić information content (AvgIpc) is 2.37. The first-order chi connectivity index (χ1) is 8.60. The van der Waals surface area contributed by atoms with Crippen molar-refractivity contribution < 1.29 is 4.79 Å². The molecule has 0 atom stereocenters. The van der Waals surface area contributed by atoms with Crippen LogP contribution in [0.25, 0.3) is 0 Å². The largest absolute Gasteiger partial charge is 0.397 e. The normalized spacial score (nSPS) is 10.2. The predicted octanol–water partition coefficient (Wildman–Crippen LogP) is 2.25.